The number of hydrogen-bond donors (Lipinski definition) is 0. The van der Waals surface area contributed by atoms with Crippen LogP contribution in [0.15, 0.2) is 279 Å². The number of rotatable bonds is 10. The Kier molecular flexibility index (Phi) is 10.6. The Bertz CT molecular complexity index is 3630. The second kappa shape index (κ2) is 17.8. The van der Waals surface area contributed by atoms with E-state index in [1.807, 2.05) is 0 Å². The van der Waals surface area contributed by atoms with E-state index in [-0.39, 0.29) is 0 Å². The molecule has 0 N–H and O–H groups in total. The van der Waals surface area contributed by atoms with Crippen LogP contribution in [0, 0.1) is 0 Å². The van der Waals surface area contributed by atoms with Crippen molar-refractivity contribution < 1.29 is 0 Å². The molecule has 12 aromatic rings. The predicted octanol–water partition coefficient (Wildman–Crippen LogP) is 18.3. The number of nitrogens with zero attached hydrogens (tertiary/aromatic N) is 2. The second-order valence-electron chi connectivity index (χ2n) is 17.3. The van der Waals surface area contributed by atoms with Gasteiger partial charge in [0.15, 0.2) is 0 Å². The standard InChI is InChI=1S/C66H46N2/c1-5-18-47(19-6-1)50-34-36-51(37-35-50)52-38-40-59(41-39-52)67(61-45-56(48-20-7-2-8-21-48)43-57(46-61)49-22-9-3-10-23-49)60-29-16-25-54(44-60)53-24-15-26-55(42-53)62-31-17-33-65-66(62)63-30-13-14-32-64(63)68(65)58-27-11-4-12-28-58/h1-46H. The van der Waals surface area contributed by atoms with Crippen molar-refractivity contribution in [1.82, 2.24) is 4.57 Å². The van der Waals surface area contributed by atoms with Crippen LogP contribution in [0.1, 0.15) is 0 Å². The highest BCUT2D eigenvalue weighted by Crippen LogP contribution is 2.43. The Morgan fingerprint density at radius 1 is 0.235 bits per heavy atom. The maximum atomic E-state index is 2.41. The number of hydrogen-bond acceptors (Lipinski definition) is 1. The molecule has 2 heteroatoms. The van der Waals surface area contributed by atoms with Crippen molar-refractivity contribution in [2.75, 3.05) is 4.90 Å². The minimum atomic E-state index is 1.07. The molecule has 0 aliphatic rings. The molecule has 0 fully saturated rings. The van der Waals surface area contributed by atoms with E-state index in [4.69, 9.17) is 0 Å². The van der Waals surface area contributed by atoms with Gasteiger partial charge >= 0.3 is 0 Å². The molecule has 1 aromatic heterocycles. The largest absolute Gasteiger partial charge is 0.310 e. The lowest BCUT2D eigenvalue weighted by molar-refractivity contribution is 1.18. The smallest absolute Gasteiger partial charge is 0.0547 e. The molecular weight excluding hydrogens is 821 g/mol. The number of fused-ring (bicyclic) bond motifs is 3. The lowest BCUT2D eigenvalue weighted by Gasteiger charge is -2.27. The van der Waals surface area contributed by atoms with Gasteiger partial charge in [0.25, 0.3) is 0 Å². The third-order valence-electron chi connectivity index (χ3n) is 13.2. The van der Waals surface area contributed by atoms with Gasteiger partial charge in [-0.3, -0.25) is 0 Å². The summed E-state index contributed by atoms with van der Waals surface area (Å²) < 4.78 is 2.39. The normalized spacial score (nSPS) is 11.2. The summed E-state index contributed by atoms with van der Waals surface area (Å²) in [6.07, 6.45) is 0. The van der Waals surface area contributed by atoms with Gasteiger partial charge in [-0.1, -0.05) is 206 Å². The molecule has 68 heavy (non-hydrogen) atoms. The van der Waals surface area contributed by atoms with E-state index in [2.05, 4.69) is 289 Å². The van der Waals surface area contributed by atoms with Gasteiger partial charge in [0.05, 0.1) is 11.0 Å². The summed E-state index contributed by atoms with van der Waals surface area (Å²) in [5, 5.41) is 2.50. The Balaban J connectivity index is 0.979. The lowest BCUT2D eigenvalue weighted by atomic mass is 9.95. The molecular formula is C66H46N2. The van der Waals surface area contributed by atoms with Gasteiger partial charge in [-0.05, 0) is 140 Å². The third kappa shape index (κ3) is 7.74. The van der Waals surface area contributed by atoms with Gasteiger partial charge in [-0.15, -0.1) is 0 Å². The fourth-order valence-corrected chi connectivity index (χ4v) is 9.88. The molecule has 1 heterocycles. The van der Waals surface area contributed by atoms with Crippen LogP contribution in [0.4, 0.5) is 17.1 Å². The van der Waals surface area contributed by atoms with Crippen molar-refractivity contribution in [3.8, 4) is 72.4 Å². The molecule has 2 nitrogen and oxygen atoms in total. The summed E-state index contributed by atoms with van der Waals surface area (Å²) in [5.74, 6) is 0. The van der Waals surface area contributed by atoms with Crippen molar-refractivity contribution in [3.05, 3.63) is 279 Å². The monoisotopic (exact) mass is 866 g/mol. The van der Waals surface area contributed by atoms with Crippen molar-refractivity contribution in [1.29, 1.82) is 0 Å². The Morgan fingerprint density at radius 2 is 0.647 bits per heavy atom. The van der Waals surface area contributed by atoms with E-state index in [1.54, 1.807) is 0 Å². The van der Waals surface area contributed by atoms with Crippen LogP contribution in [0.2, 0.25) is 0 Å². The minimum absolute atomic E-state index is 1.07. The van der Waals surface area contributed by atoms with E-state index in [9.17, 15) is 0 Å². The molecule has 0 spiro atoms. The maximum absolute atomic E-state index is 2.41. The summed E-state index contributed by atoms with van der Waals surface area (Å²) in [6, 6.07) is 101. The molecule has 0 unspecified atom stereocenters. The van der Waals surface area contributed by atoms with Crippen LogP contribution >= 0.6 is 0 Å². The van der Waals surface area contributed by atoms with Crippen LogP contribution in [0.25, 0.3) is 94.3 Å². The highest BCUT2D eigenvalue weighted by molar-refractivity contribution is 6.16. The average molecular weight is 867 g/mol. The van der Waals surface area contributed by atoms with Crippen LogP contribution in [0.3, 0.4) is 0 Å². The maximum Gasteiger partial charge on any atom is 0.0547 e. The van der Waals surface area contributed by atoms with Crippen molar-refractivity contribution in [2.24, 2.45) is 0 Å². The fourth-order valence-electron chi connectivity index (χ4n) is 9.88. The molecule has 0 amide bonds. The van der Waals surface area contributed by atoms with Gasteiger partial charge in [0.1, 0.15) is 0 Å². The minimum Gasteiger partial charge on any atom is -0.310 e. The van der Waals surface area contributed by atoms with Crippen molar-refractivity contribution in [2.45, 2.75) is 0 Å². The van der Waals surface area contributed by atoms with E-state index >= 15 is 0 Å². The first-order valence-electron chi connectivity index (χ1n) is 23.3. The predicted molar refractivity (Wildman–Crippen MR) is 288 cm³/mol. The van der Waals surface area contributed by atoms with Crippen LogP contribution in [-0.4, -0.2) is 4.57 Å². The van der Waals surface area contributed by atoms with Crippen LogP contribution < -0.4 is 4.90 Å². The van der Waals surface area contributed by atoms with Gasteiger partial charge in [-0.2, -0.15) is 0 Å². The van der Waals surface area contributed by atoms with Crippen LogP contribution in [-0.2, 0) is 0 Å². The molecule has 0 aliphatic carbocycles. The Morgan fingerprint density at radius 3 is 1.26 bits per heavy atom. The second-order valence-corrected chi connectivity index (χ2v) is 17.3. The molecule has 0 radical (unpaired) electrons. The molecule has 11 aromatic carbocycles. The molecule has 12 rings (SSSR count). The topological polar surface area (TPSA) is 8.17 Å². The lowest BCUT2D eigenvalue weighted by Crippen LogP contribution is -2.10. The molecule has 0 bridgehead atoms. The zero-order valence-corrected chi connectivity index (χ0v) is 37.5. The van der Waals surface area contributed by atoms with E-state index in [0.29, 0.717) is 0 Å². The summed E-state index contributed by atoms with van der Waals surface area (Å²) in [5.41, 5.74) is 20.9. The highest BCUT2D eigenvalue weighted by atomic mass is 15.1. The molecule has 0 saturated heterocycles. The quantitative estimate of drug-likeness (QED) is 0.133. The number of para-hydroxylation sites is 2. The average Bonchev–Trinajstić information content (AvgIpc) is 3.77. The summed E-state index contributed by atoms with van der Waals surface area (Å²) >= 11 is 0. The molecule has 320 valence electrons. The van der Waals surface area contributed by atoms with E-state index in [0.717, 1.165) is 45.0 Å². The van der Waals surface area contributed by atoms with Gasteiger partial charge in [-0.25, -0.2) is 0 Å². The number of anilines is 3. The van der Waals surface area contributed by atoms with Crippen molar-refractivity contribution in [3.63, 3.8) is 0 Å². The Labute approximate surface area is 397 Å². The molecule has 0 atom stereocenters. The SMILES string of the molecule is c1ccc(-c2ccc(-c3ccc(N(c4cccc(-c5cccc(-c6cccc7c6c6ccccc6n7-c6ccccc6)c5)c4)c4cc(-c5ccccc5)cc(-c5ccccc5)c4)cc3)cc2)cc1. The van der Waals surface area contributed by atoms with Crippen LogP contribution in [0.5, 0.6) is 0 Å². The molecule has 0 aliphatic heterocycles. The summed E-state index contributed by atoms with van der Waals surface area (Å²) in [4.78, 5) is 2.41. The zero-order chi connectivity index (χ0) is 45.2. The first kappa shape index (κ1) is 40.5. The summed E-state index contributed by atoms with van der Waals surface area (Å²) in [7, 11) is 0. The van der Waals surface area contributed by atoms with Crippen molar-refractivity contribution >= 4 is 38.9 Å². The zero-order valence-electron chi connectivity index (χ0n) is 37.5. The first-order chi connectivity index (χ1) is 33.7. The number of aromatic nitrogens is 1. The van der Waals surface area contributed by atoms with E-state index < -0.39 is 0 Å². The van der Waals surface area contributed by atoms with E-state index in [1.165, 1.54) is 66.3 Å². The van der Waals surface area contributed by atoms with Gasteiger partial charge in [0, 0.05) is 33.5 Å². The third-order valence-corrected chi connectivity index (χ3v) is 13.2. The van der Waals surface area contributed by atoms with Gasteiger partial charge in [0.2, 0.25) is 0 Å². The van der Waals surface area contributed by atoms with Gasteiger partial charge < -0.3 is 9.47 Å². The summed E-state index contributed by atoms with van der Waals surface area (Å²) in [6.45, 7) is 0. The first-order valence-corrected chi connectivity index (χ1v) is 23.3. The highest BCUT2D eigenvalue weighted by Gasteiger charge is 2.19. The fraction of sp³-hybridized carbons (Fsp3) is 0. The Hall–Kier alpha value is -8.98. The number of benzene rings is 11. The molecule has 0 saturated carbocycles.